The first-order chi connectivity index (χ1) is 9.47. The summed E-state index contributed by atoms with van der Waals surface area (Å²) in [6.07, 6.45) is 0.623. The first-order valence-corrected chi connectivity index (χ1v) is 6.68. The van der Waals surface area contributed by atoms with Crippen LogP contribution in [-0.2, 0) is 14.3 Å². The van der Waals surface area contributed by atoms with Crippen molar-refractivity contribution in [2.75, 3.05) is 7.11 Å². The van der Waals surface area contributed by atoms with Gasteiger partial charge in [-0.15, -0.1) is 0 Å². The smallest absolute Gasteiger partial charge is 0.328 e. The third-order valence-electron chi connectivity index (χ3n) is 3.56. The van der Waals surface area contributed by atoms with Crippen LogP contribution in [0.4, 0.5) is 4.39 Å². The van der Waals surface area contributed by atoms with Crippen LogP contribution in [0.2, 0.25) is 5.02 Å². The molecule has 0 spiro atoms. The van der Waals surface area contributed by atoms with E-state index in [-0.39, 0.29) is 22.9 Å². The lowest BCUT2D eigenvalue weighted by atomic mass is 10.0. The lowest BCUT2D eigenvalue weighted by Gasteiger charge is -2.30. The molecule has 0 radical (unpaired) electrons. The van der Waals surface area contributed by atoms with Gasteiger partial charge in [-0.05, 0) is 25.5 Å². The SMILES string of the molecule is COC(=O)C1CCC(=O)N1C(C)c1c(F)cccc1Cl. The number of methoxy groups -OCH3 is 1. The summed E-state index contributed by atoms with van der Waals surface area (Å²) in [7, 11) is 1.27. The number of ether oxygens (including phenoxy) is 1. The van der Waals surface area contributed by atoms with Crippen LogP contribution in [0.1, 0.15) is 31.4 Å². The molecule has 1 fully saturated rings. The third kappa shape index (κ3) is 2.50. The molecule has 2 unspecified atom stereocenters. The van der Waals surface area contributed by atoms with Crippen molar-refractivity contribution in [2.24, 2.45) is 0 Å². The molecular weight excluding hydrogens is 285 g/mol. The maximum Gasteiger partial charge on any atom is 0.328 e. The predicted octanol–water partition coefficient (Wildman–Crippen LogP) is 2.70. The lowest BCUT2D eigenvalue weighted by molar-refractivity contribution is -0.150. The van der Waals surface area contributed by atoms with Gasteiger partial charge in [-0.25, -0.2) is 9.18 Å². The summed E-state index contributed by atoms with van der Waals surface area (Å²) in [5.74, 6) is -1.18. The highest BCUT2D eigenvalue weighted by Crippen LogP contribution is 2.35. The minimum absolute atomic E-state index is 0.202. The Morgan fingerprint density at radius 2 is 2.25 bits per heavy atom. The number of hydrogen-bond acceptors (Lipinski definition) is 3. The fraction of sp³-hybridized carbons (Fsp3) is 0.429. The van der Waals surface area contributed by atoms with Gasteiger partial charge in [0.15, 0.2) is 0 Å². The third-order valence-corrected chi connectivity index (χ3v) is 3.89. The number of carbonyl (C=O) groups is 2. The first-order valence-electron chi connectivity index (χ1n) is 6.30. The minimum Gasteiger partial charge on any atom is -0.467 e. The number of nitrogens with zero attached hydrogens (tertiary/aromatic N) is 1. The van der Waals surface area contributed by atoms with E-state index in [2.05, 4.69) is 0 Å². The van der Waals surface area contributed by atoms with Crippen LogP contribution >= 0.6 is 11.6 Å². The largest absolute Gasteiger partial charge is 0.467 e. The van der Waals surface area contributed by atoms with Crippen LogP contribution in [0.3, 0.4) is 0 Å². The van der Waals surface area contributed by atoms with Gasteiger partial charge in [0, 0.05) is 17.0 Å². The van der Waals surface area contributed by atoms with Crippen molar-refractivity contribution in [2.45, 2.75) is 31.8 Å². The summed E-state index contributed by atoms with van der Waals surface area (Å²) in [6, 6.07) is 3.04. The number of benzene rings is 1. The first kappa shape index (κ1) is 14.8. The van der Waals surface area contributed by atoms with E-state index in [1.807, 2.05) is 0 Å². The Labute approximate surface area is 121 Å². The predicted molar refractivity (Wildman–Crippen MR) is 71.7 cm³/mol. The molecule has 0 N–H and O–H groups in total. The fourth-order valence-corrected chi connectivity index (χ4v) is 2.93. The normalized spacial score (nSPS) is 20.1. The molecule has 1 aromatic carbocycles. The standard InChI is InChI=1S/C14H15ClFNO3/c1-8(13-9(15)4-3-5-10(13)16)17-11(14(19)20-2)6-7-12(17)18/h3-5,8,11H,6-7H2,1-2H3. The molecule has 20 heavy (non-hydrogen) atoms. The zero-order valence-corrected chi connectivity index (χ0v) is 12.0. The maximum absolute atomic E-state index is 14.0. The van der Waals surface area contributed by atoms with E-state index in [0.29, 0.717) is 6.42 Å². The molecular formula is C14H15ClFNO3. The number of carbonyl (C=O) groups excluding carboxylic acids is 2. The van der Waals surface area contributed by atoms with Crippen molar-refractivity contribution >= 4 is 23.5 Å². The Hall–Kier alpha value is -1.62. The topological polar surface area (TPSA) is 46.6 Å². The van der Waals surface area contributed by atoms with Gasteiger partial charge >= 0.3 is 5.97 Å². The second-order valence-electron chi connectivity index (χ2n) is 4.69. The molecule has 1 aliphatic rings. The Morgan fingerprint density at radius 3 is 2.85 bits per heavy atom. The van der Waals surface area contributed by atoms with Crippen LogP contribution < -0.4 is 0 Å². The Bertz CT molecular complexity index is 529. The van der Waals surface area contributed by atoms with Crippen LogP contribution in [0.5, 0.6) is 0 Å². The highest BCUT2D eigenvalue weighted by molar-refractivity contribution is 6.31. The van der Waals surface area contributed by atoms with E-state index in [1.165, 1.54) is 24.1 Å². The molecule has 4 nitrogen and oxygen atoms in total. The molecule has 0 aliphatic carbocycles. The van der Waals surface area contributed by atoms with Crippen LogP contribution in [-0.4, -0.2) is 29.9 Å². The molecule has 1 heterocycles. The molecule has 108 valence electrons. The molecule has 6 heteroatoms. The van der Waals surface area contributed by atoms with Gasteiger partial charge in [-0.3, -0.25) is 4.79 Å². The van der Waals surface area contributed by atoms with Gasteiger partial charge < -0.3 is 9.64 Å². The van der Waals surface area contributed by atoms with E-state index in [1.54, 1.807) is 13.0 Å². The highest BCUT2D eigenvalue weighted by Gasteiger charge is 2.41. The minimum atomic E-state index is -0.682. The number of halogens is 2. The van der Waals surface area contributed by atoms with Crippen molar-refractivity contribution in [3.05, 3.63) is 34.6 Å². The molecule has 0 saturated carbocycles. The van der Waals surface area contributed by atoms with Crippen molar-refractivity contribution in [3.63, 3.8) is 0 Å². The monoisotopic (exact) mass is 299 g/mol. The molecule has 0 bridgehead atoms. The van der Waals surface area contributed by atoms with Crippen molar-refractivity contribution in [1.29, 1.82) is 0 Å². The Balaban J connectivity index is 2.37. The lowest BCUT2D eigenvalue weighted by Crippen LogP contribution is -2.41. The van der Waals surface area contributed by atoms with E-state index < -0.39 is 23.9 Å². The highest BCUT2D eigenvalue weighted by atomic mass is 35.5. The number of esters is 1. The molecule has 2 rings (SSSR count). The average Bonchev–Trinajstić information content (AvgIpc) is 2.79. The number of rotatable bonds is 3. The molecule has 1 saturated heterocycles. The maximum atomic E-state index is 14.0. The summed E-state index contributed by atoms with van der Waals surface area (Å²) in [5, 5.41) is 0.237. The summed E-state index contributed by atoms with van der Waals surface area (Å²) in [5.41, 5.74) is 0.221. The number of amides is 1. The zero-order valence-electron chi connectivity index (χ0n) is 11.2. The summed E-state index contributed by atoms with van der Waals surface area (Å²) >= 11 is 6.02. The quantitative estimate of drug-likeness (QED) is 0.806. The van der Waals surface area contributed by atoms with E-state index in [4.69, 9.17) is 16.3 Å². The average molecular weight is 300 g/mol. The summed E-state index contributed by atoms with van der Waals surface area (Å²) in [6.45, 7) is 1.66. The summed E-state index contributed by atoms with van der Waals surface area (Å²) in [4.78, 5) is 25.1. The number of likely N-dealkylation sites (tertiary alicyclic amines) is 1. The Morgan fingerprint density at radius 1 is 1.55 bits per heavy atom. The molecule has 1 aliphatic heterocycles. The van der Waals surface area contributed by atoms with Crippen LogP contribution in [0.25, 0.3) is 0 Å². The Kier molecular flexibility index (Phi) is 4.28. The zero-order chi connectivity index (χ0) is 14.9. The van der Waals surface area contributed by atoms with E-state index in [0.717, 1.165) is 0 Å². The molecule has 0 aromatic heterocycles. The number of hydrogen-bond donors (Lipinski definition) is 0. The van der Waals surface area contributed by atoms with Crippen LogP contribution in [0, 0.1) is 5.82 Å². The van der Waals surface area contributed by atoms with Crippen molar-refractivity contribution in [3.8, 4) is 0 Å². The second-order valence-corrected chi connectivity index (χ2v) is 5.10. The van der Waals surface area contributed by atoms with Crippen molar-refractivity contribution < 1.29 is 18.7 Å². The molecule has 2 atom stereocenters. The van der Waals surface area contributed by atoms with Gasteiger partial charge in [0.25, 0.3) is 0 Å². The van der Waals surface area contributed by atoms with E-state index >= 15 is 0 Å². The van der Waals surface area contributed by atoms with Gasteiger partial charge in [-0.2, -0.15) is 0 Å². The summed E-state index contributed by atoms with van der Waals surface area (Å²) < 4.78 is 18.7. The van der Waals surface area contributed by atoms with Gasteiger partial charge in [-0.1, -0.05) is 17.7 Å². The van der Waals surface area contributed by atoms with Gasteiger partial charge in [0.05, 0.1) is 13.2 Å². The fourth-order valence-electron chi connectivity index (χ4n) is 2.60. The molecule has 1 amide bonds. The van der Waals surface area contributed by atoms with Crippen LogP contribution in [0.15, 0.2) is 18.2 Å². The van der Waals surface area contributed by atoms with E-state index in [9.17, 15) is 14.0 Å². The van der Waals surface area contributed by atoms with Gasteiger partial charge in [0.2, 0.25) is 5.91 Å². The molecule has 1 aromatic rings. The van der Waals surface area contributed by atoms with Gasteiger partial charge in [0.1, 0.15) is 11.9 Å². The second kappa shape index (κ2) is 5.79. The van der Waals surface area contributed by atoms with Crippen molar-refractivity contribution in [1.82, 2.24) is 4.90 Å².